The minimum atomic E-state index is -3.83. The summed E-state index contributed by atoms with van der Waals surface area (Å²) in [5.41, 5.74) is 6.40. The van der Waals surface area contributed by atoms with Crippen LogP contribution in [0.2, 0.25) is 10.0 Å². The Bertz CT molecular complexity index is 1470. The number of benzene rings is 1. The van der Waals surface area contributed by atoms with Gasteiger partial charge in [-0.3, -0.25) is 24.0 Å². The Balaban J connectivity index is 1.19. The Hall–Kier alpha value is -2.61. The van der Waals surface area contributed by atoms with Crippen LogP contribution >= 0.6 is 23.2 Å². The molecule has 0 aromatic heterocycles. The van der Waals surface area contributed by atoms with Crippen LogP contribution in [0.1, 0.15) is 81.8 Å². The average Bonchev–Trinajstić information content (AvgIpc) is 3.87. The van der Waals surface area contributed by atoms with E-state index in [9.17, 15) is 27.6 Å². The maximum Gasteiger partial charge on any atom is 0.410 e. The fourth-order valence-corrected chi connectivity index (χ4v) is 8.75. The summed E-state index contributed by atoms with van der Waals surface area (Å²) < 4.78 is 33.3. The molecule has 0 unspecified atom stereocenters. The molecule has 3 aliphatic heterocycles. The SMILES string of the molecule is N[C@H]1CCCCCCC[C@@H]2C[C@@]2(C(=O)NS(=O)(=O)C2CC2)NC(=O)[C@@H]2C[C@@H](OC(=O)N3Cc4c(Cl)ccc(Cl)c4C3)CN2C1=O. The summed E-state index contributed by atoms with van der Waals surface area (Å²) in [6.07, 6.45) is 5.32. The molecule has 12 nitrogen and oxygen atoms in total. The number of nitrogens with two attached hydrogens (primary N) is 1. The molecular weight excluding hydrogens is 645 g/mol. The zero-order valence-corrected chi connectivity index (χ0v) is 27.3. The maximum absolute atomic E-state index is 13.9. The van der Waals surface area contributed by atoms with E-state index in [0.29, 0.717) is 42.1 Å². The van der Waals surface area contributed by atoms with Gasteiger partial charge in [-0.1, -0.05) is 55.3 Å². The number of halogens is 2. The van der Waals surface area contributed by atoms with Crippen molar-refractivity contribution >= 4 is 57.0 Å². The lowest BCUT2D eigenvalue weighted by Gasteiger charge is -2.28. The molecule has 0 spiro atoms. The number of amides is 4. The van der Waals surface area contributed by atoms with Gasteiger partial charge in [0.2, 0.25) is 21.8 Å². The topological polar surface area (TPSA) is 168 Å². The number of fused-ring (bicyclic) bond motifs is 3. The van der Waals surface area contributed by atoms with E-state index in [-0.39, 0.29) is 32.0 Å². The van der Waals surface area contributed by atoms with Crippen molar-refractivity contribution in [1.29, 1.82) is 0 Å². The first kappa shape index (κ1) is 32.3. The van der Waals surface area contributed by atoms with Crippen LogP contribution in [-0.4, -0.2) is 77.6 Å². The highest BCUT2D eigenvalue weighted by molar-refractivity contribution is 7.91. The van der Waals surface area contributed by atoms with Crippen LogP contribution in [0.25, 0.3) is 0 Å². The van der Waals surface area contributed by atoms with Crippen molar-refractivity contribution in [3.8, 4) is 0 Å². The first-order chi connectivity index (χ1) is 21.4. The molecule has 1 aromatic carbocycles. The predicted molar refractivity (Wildman–Crippen MR) is 165 cm³/mol. The molecule has 4 N–H and O–H groups in total. The Morgan fingerprint density at radius 1 is 0.978 bits per heavy atom. The summed E-state index contributed by atoms with van der Waals surface area (Å²) in [7, 11) is -3.83. The number of hydrogen-bond acceptors (Lipinski definition) is 8. The van der Waals surface area contributed by atoms with Crippen LogP contribution in [0.5, 0.6) is 0 Å². The monoisotopic (exact) mass is 683 g/mol. The Kier molecular flexibility index (Phi) is 9.01. The molecule has 246 valence electrons. The summed E-state index contributed by atoms with van der Waals surface area (Å²) in [4.78, 5) is 57.0. The van der Waals surface area contributed by atoms with Gasteiger partial charge < -0.3 is 20.7 Å². The summed E-state index contributed by atoms with van der Waals surface area (Å²) >= 11 is 12.6. The van der Waals surface area contributed by atoms with Gasteiger partial charge in [0.1, 0.15) is 17.7 Å². The number of sulfonamides is 1. The third kappa shape index (κ3) is 6.63. The molecule has 0 radical (unpaired) electrons. The van der Waals surface area contributed by atoms with Gasteiger partial charge in [0.05, 0.1) is 30.9 Å². The fourth-order valence-electron chi connectivity index (χ4n) is 6.91. The van der Waals surface area contributed by atoms with Crippen LogP contribution in [0.3, 0.4) is 0 Å². The number of carbonyl (C=O) groups excluding carboxylic acids is 4. The van der Waals surface area contributed by atoms with E-state index in [1.165, 1.54) is 9.80 Å². The van der Waals surface area contributed by atoms with Crippen molar-refractivity contribution in [2.45, 2.75) is 113 Å². The first-order valence-electron chi connectivity index (χ1n) is 15.7. The van der Waals surface area contributed by atoms with Crippen molar-refractivity contribution in [2.24, 2.45) is 11.7 Å². The predicted octanol–water partition coefficient (Wildman–Crippen LogP) is 2.97. The van der Waals surface area contributed by atoms with Crippen molar-refractivity contribution in [2.75, 3.05) is 6.54 Å². The molecule has 15 heteroatoms. The van der Waals surface area contributed by atoms with Gasteiger partial charge in [-0.2, -0.15) is 0 Å². The summed E-state index contributed by atoms with van der Waals surface area (Å²) in [5, 5.41) is 3.24. The molecule has 45 heavy (non-hydrogen) atoms. The molecular formula is C30H39Cl2N5O7S. The highest BCUT2D eigenvalue weighted by Gasteiger charge is 2.62. The van der Waals surface area contributed by atoms with Gasteiger partial charge in [0.25, 0.3) is 5.91 Å². The van der Waals surface area contributed by atoms with Crippen LogP contribution < -0.4 is 15.8 Å². The Labute approximate surface area is 272 Å². The van der Waals surface area contributed by atoms with Gasteiger partial charge in [-0.05, 0) is 61.3 Å². The lowest BCUT2D eigenvalue weighted by Crippen LogP contribution is -2.57. The molecule has 5 aliphatic rings. The minimum absolute atomic E-state index is 0.00106. The Morgan fingerprint density at radius 3 is 2.24 bits per heavy atom. The quantitative estimate of drug-likeness (QED) is 0.435. The fraction of sp³-hybridized carbons (Fsp3) is 0.667. The minimum Gasteiger partial charge on any atom is -0.444 e. The summed E-state index contributed by atoms with van der Waals surface area (Å²) in [6, 6.07) is 1.45. The normalized spacial score (nSPS) is 30.7. The second-order valence-corrected chi connectivity index (χ2v) is 15.9. The molecule has 2 aliphatic carbocycles. The largest absolute Gasteiger partial charge is 0.444 e. The number of hydrogen-bond donors (Lipinski definition) is 3. The van der Waals surface area contributed by atoms with Crippen LogP contribution in [0, 0.1) is 5.92 Å². The summed E-state index contributed by atoms with van der Waals surface area (Å²) in [6.45, 7) is 0.373. The molecule has 4 amide bonds. The third-order valence-electron chi connectivity index (χ3n) is 9.83. The van der Waals surface area contributed by atoms with Crippen molar-refractivity contribution < 1.29 is 32.3 Å². The molecule has 5 atom stereocenters. The van der Waals surface area contributed by atoms with Gasteiger partial charge in [0.15, 0.2) is 0 Å². The third-order valence-corrected chi connectivity index (χ3v) is 12.4. The van der Waals surface area contributed by atoms with Crippen molar-refractivity contribution in [1.82, 2.24) is 19.8 Å². The average molecular weight is 685 g/mol. The molecule has 3 heterocycles. The molecule has 2 saturated carbocycles. The lowest BCUT2D eigenvalue weighted by molar-refractivity contribution is -0.140. The van der Waals surface area contributed by atoms with Gasteiger partial charge >= 0.3 is 6.09 Å². The van der Waals surface area contributed by atoms with Gasteiger partial charge in [0, 0.05) is 16.5 Å². The molecule has 2 saturated heterocycles. The van der Waals surface area contributed by atoms with E-state index in [0.717, 1.165) is 43.2 Å². The molecule has 1 aromatic rings. The van der Waals surface area contributed by atoms with E-state index >= 15 is 0 Å². The summed E-state index contributed by atoms with van der Waals surface area (Å²) in [5.74, 6) is -1.99. The smallest absolute Gasteiger partial charge is 0.410 e. The van der Waals surface area contributed by atoms with Crippen molar-refractivity contribution in [3.05, 3.63) is 33.3 Å². The second-order valence-electron chi connectivity index (χ2n) is 13.1. The second kappa shape index (κ2) is 12.5. The van der Waals surface area contributed by atoms with E-state index in [1.54, 1.807) is 12.1 Å². The van der Waals surface area contributed by atoms with Crippen LogP contribution in [0.15, 0.2) is 12.1 Å². The maximum atomic E-state index is 13.9. The Morgan fingerprint density at radius 2 is 1.60 bits per heavy atom. The van der Waals surface area contributed by atoms with E-state index < -0.39 is 62.8 Å². The van der Waals surface area contributed by atoms with Gasteiger partial charge in [-0.15, -0.1) is 0 Å². The lowest BCUT2D eigenvalue weighted by atomic mass is 10.0. The highest BCUT2D eigenvalue weighted by atomic mass is 35.5. The number of nitrogens with one attached hydrogen (secondary N) is 2. The van der Waals surface area contributed by atoms with E-state index in [2.05, 4.69) is 10.0 Å². The van der Waals surface area contributed by atoms with Crippen LogP contribution in [-0.2, 0) is 42.2 Å². The molecule has 4 fully saturated rings. The first-order valence-corrected chi connectivity index (χ1v) is 18.1. The number of ether oxygens (including phenoxy) is 1. The van der Waals surface area contributed by atoms with E-state index in [4.69, 9.17) is 33.7 Å². The molecule has 0 bridgehead atoms. The number of rotatable bonds is 4. The van der Waals surface area contributed by atoms with Gasteiger partial charge in [-0.25, -0.2) is 13.2 Å². The molecule has 6 rings (SSSR count). The highest BCUT2D eigenvalue weighted by Crippen LogP contribution is 2.48. The van der Waals surface area contributed by atoms with Crippen LogP contribution in [0.4, 0.5) is 4.79 Å². The number of carbonyl (C=O) groups is 4. The standard InChI is InChI=1S/C30H39Cl2N5O7S/c31-22-10-11-23(32)21-16-36(15-20(21)22)29(41)44-18-12-25-26(38)34-30(28(40)35-45(42,43)19-8-9-19)13-17(30)6-4-2-1-3-5-7-24(33)27(39)37(25)14-18/h10-11,17-19,24-25H,1-9,12-16,33H2,(H,34,38)(H,35,40)/t17-,18-,24+,25+,30-/m1/s1. The van der Waals surface area contributed by atoms with E-state index in [1.807, 2.05) is 0 Å². The van der Waals surface area contributed by atoms with Crippen molar-refractivity contribution in [3.63, 3.8) is 0 Å². The zero-order valence-electron chi connectivity index (χ0n) is 24.9. The number of nitrogens with zero attached hydrogens (tertiary/aromatic N) is 2. The zero-order chi connectivity index (χ0) is 32.1.